The van der Waals surface area contributed by atoms with Crippen molar-refractivity contribution in [2.45, 2.75) is 25.0 Å². The number of piperidine rings is 1. The highest BCUT2D eigenvalue weighted by Gasteiger charge is 2.35. The summed E-state index contributed by atoms with van der Waals surface area (Å²) in [6, 6.07) is 28.1. The van der Waals surface area contributed by atoms with E-state index in [2.05, 4.69) is 27.0 Å². The molecule has 1 saturated heterocycles. The standard InChI is InChI=1S/C29H26N4O2S/c34-29(23-9-5-2-6-10-23)15-17-33(18-16-29)26-25-28(31-20-30-26)36-27(32-25)22-11-13-24(14-12-22)35-19-21-7-3-1-4-8-21/h1-14,20,34H,15-19H2. The number of aromatic nitrogens is 3. The summed E-state index contributed by atoms with van der Waals surface area (Å²) in [5.41, 5.74) is 3.14. The van der Waals surface area contributed by atoms with E-state index in [1.165, 1.54) is 0 Å². The summed E-state index contributed by atoms with van der Waals surface area (Å²) in [6.07, 6.45) is 2.89. The van der Waals surface area contributed by atoms with Crippen LogP contribution in [0.3, 0.4) is 0 Å². The first-order valence-electron chi connectivity index (χ1n) is 12.1. The summed E-state index contributed by atoms with van der Waals surface area (Å²) in [6.45, 7) is 1.95. The molecule has 6 nitrogen and oxygen atoms in total. The largest absolute Gasteiger partial charge is 0.489 e. The molecule has 1 aliphatic rings. The fraction of sp³-hybridized carbons (Fsp3) is 0.207. The third kappa shape index (κ3) is 4.55. The van der Waals surface area contributed by atoms with Gasteiger partial charge in [-0.3, -0.25) is 0 Å². The minimum absolute atomic E-state index is 0.537. The number of aliphatic hydroxyl groups is 1. The Balaban J connectivity index is 1.18. The molecule has 0 amide bonds. The number of thiazole rings is 1. The van der Waals surface area contributed by atoms with Crippen LogP contribution in [0.4, 0.5) is 5.82 Å². The number of hydrogen-bond donors (Lipinski definition) is 1. The number of nitrogens with zero attached hydrogens (tertiary/aromatic N) is 4. The first-order chi connectivity index (χ1) is 17.7. The Labute approximate surface area is 213 Å². The monoisotopic (exact) mass is 494 g/mol. The molecule has 0 saturated carbocycles. The molecular weight excluding hydrogens is 468 g/mol. The van der Waals surface area contributed by atoms with Crippen LogP contribution in [0.25, 0.3) is 20.9 Å². The van der Waals surface area contributed by atoms with Crippen molar-refractivity contribution < 1.29 is 9.84 Å². The highest BCUT2D eigenvalue weighted by atomic mass is 32.1. The van der Waals surface area contributed by atoms with Crippen LogP contribution in [0.1, 0.15) is 24.0 Å². The van der Waals surface area contributed by atoms with Gasteiger partial charge < -0.3 is 14.7 Å². The highest BCUT2D eigenvalue weighted by Crippen LogP contribution is 2.37. The van der Waals surface area contributed by atoms with E-state index in [0.717, 1.165) is 43.6 Å². The zero-order valence-corrected chi connectivity index (χ0v) is 20.6. The van der Waals surface area contributed by atoms with E-state index in [9.17, 15) is 5.11 Å². The lowest BCUT2D eigenvalue weighted by Gasteiger charge is -2.39. The SMILES string of the molecule is OC1(c2ccccc2)CCN(c2ncnc3sc(-c4ccc(OCc5ccccc5)cc4)nc23)CC1. The quantitative estimate of drug-likeness (QED) is 0.321. The summed E-state index contributed by atoms with van der Waals surface area (Å²) in [7, 11) is 0. The summed E-state index contributed by atoms with van der Waals surface area (Å²) in [5.74, 6) is 1.66. The molecular formula is C29H26N4O2S. The fourth-order valence-corrected chi connectivity index (χ4v) is 5.56. The van der Waals surface area contributed by atoms with Crippen molar-refractivity contribution in [3.05, 3.63) is 102 Å². The molecule has 0 unspecified atom stereocenters. The predicted octanol–water partition coefficient (Wildman–Crippen LogP) is 5.82. The highest BCUT2D eigenvalue weighted by molar-refractivity contribution is 7.21. The molecule has 2 aromatic heterocycles. The Morgan fingerprint density at radius 1 is 0.861 bits per heavy atom. The Hall–Kier alpha value is -3.81. The molecule has 0 atom stereocenters. The second-order valence-corrected chi connectivity index (χ2v) is 10.0. The van der Waals surface area contributed by atoms with Crippen molar-refractivity contribution in [3.8, 4) is 16.3 Å². The van der Waals surface area contributed by atoms with Gasteiger partial charge in [0.2, 0.25) is 0 Å². The normalized spacial score (nSPS) is 15.2. The molecule has 0 spiro atoms. The second-order valence-electron chi connectivity index (χ2n) is 9.05. The van der Waals surface area contributed by atoms with E-state index in [1.54, 1.807) is 17.7 Å². The van der Waals surface area contributed by atoms with E-state index >= 15 is 0 Å². The molecule has 0 bridgehead atoms. The molecule has 0 aliphatic carbocycles. The lowest BCUT2D eigenvalue weighted by Crippen LogP contribution is -2.43. The van der Waals surface area contributed by atoms with Gasteiger partial charge in [-0.05, 0) is 48.2 Å². The van der Waals surface area contributed by atoms with Crippen LogP contribution < -0.4 is 9.64 Å². The number of anilines is 1. The number of benzene rings is 3. The molecule has 7 heteroatoms. The molecule has 0 radical (unpaired) electrons. The topological polar surface area (TPSA) is 71.4 Å². The van der Waals surface area contributed by atoms with E-state index in [0.29, 0.717) is 32.5 Å². The predicted molar refractivity (Wildman–Crippen MR) is 143 cm³/mol. The average molecular weight is 495 g/mol. The van der Waals surface area contributed by atoms with Gasteiger partial charge in [-0.1, -0.05) is 72.0 Å². The second kappa shape index (κ2) is 9.68. The molecule has 36 heavy (non-hydrogen) atoms. The molecule has 5 aromatic rings. The van der Waals surface area contributed by atoms with E-state index in [1.807, 2.05) is 72.8 Å². The minimum atomic E-state index is -0.804. The molecule has 180 valence electrons. The Morgan fingerprint density at radius 3 is 2.28 bits per heavy atom. The zero-order chi connectivity index (χ0) is 24.4. The summed E-state index contributed by atoms with van der Waals surface area (Å²) >= 11 is 1.56. The molecule has 3 heterocycles. The van der Waals surface area contributed by atoms with Crippen LogP contribution in [0, 0.1) is 0 Å². The van der Waals surface area contributed by atoms with Crippen LogP contribution in [-0.4, -0.2) is 33.1 Å². The average Bonchev–Trinajstić information content (AvgIpc) is 3.39. The van der Waals surface area contributed by atoms with Gasteiger partial charge in [-0.2, -0.15) is 0 Å². The van der Waals surface area contributed by atoms with Gasteiger partial charge in [-0.25, -0.2) is 15.0 Å². The van der Waals surface area contributed by atoms with Gasteiger partial charge >= 0.3 is 0 Å². The smallest absolute Gasteiger partial charge is 0.159 e. The van der Waals surface area contributed by atoms with Crippen LogP contribution in [-0.2, 0) is 12.2 Å². The van der Waals surface area contributed by atoms with Crippen molar-refractivity contribution in [2.75, 3.05) is 18.0 Å². The summed E-state index contributed by atoms with van der Waals surface area (Å²) in [5, 5.41) is 12.1. The van der Waals surface area contributed by atoms with Crippen LogP contribution in [0.15, 0.2) is 91.3 Å². The number of ether oxygens (including phenoxy) is 1. The number of hydrogen-bond acceptors (Lipinski definition) is 7. The Morgan fingerprint density at radius 2 is 1.56 bits per heavy atom. The van der Waals surface area contributed by atoms with Gasteiger partial charge in [0.05, 0.1) is 5.60 Å². The molecule has 1 aliphatic heterocycles. The van der Waals surface area contributed by atoms with E-state index < -0.39 is 5.60 Å². The van der Waals surface area contributed by atoms with Crippen molar-refractivity contribution >= 4 is 27.5 Å². The van der Waals surface area contributed by atoms with Crippen LogP contribution in [0.5, 0.6) is 5.75 Å². The molecule has 1 fully saturated rings. The Kier molecular flexibility index (Phi) is 6.09. The molecule has 3 aromatic carbocycles. The van der Waals surface area contributed by atoms with Gasteiger partial charge in [0, 0.05) is 18.7 Å². The maximum Gasteiger partial charge on any atom is 0.159 e. The van der Waals surface area contributed by atoms with Crippen molar-refractivity contribution in [2.24, 2.45) is 0 Å². The molecule has 6 rings (SSSR count). The maximum atomic E-state index is 11.2. The van der Waals surface area contributed by atoms with Crippen molar-refractivity contribution in [1.29, 1.82) is 0 Å². The third-order valence-corrected chi connectivity index (χ3v) is 7.74. The molecule has 1 N–H and O–H groups in total. The Bertz CT molecular complexity index is 1450. The van der Waals surface area contributed by atoms with Gasteiger partial charge in [0.25, 0.3) is 0 Å². The zero-order valence-electron chi connectivity index (χ0n) is 19.7. The lowest BCUT2D eigenvalue weighted by molar-refractivity contribution is 0.0117. The third-order valence-electron chi connectivity index (χ3n) is 6.73. The minimum Gasteiger partial charge on any atom is -0.489 e. The lowest BCUT2D eigenvalue weighted by atomic mass is 9.84. The maximum absolute atomic E-state index is 11.2. The van der Waals surface area contributed by atoms with Gasteiger partial charge in [-0.15, -0.1) is 0 Å². The van der Waals surface area contributed by atoms with Gasteiger partial charge in [0.1, 0.15) is 34.0 Å². The number of rotatable bonds is 6. The fourth-order valence-electron chi connectivity index (χ4n) is 4.66. The van der Waals surface area contributed by atoms with E-state index in [-0.39, 0.29) is 0 Å². The van der Waals surface area contributed by atoms with Crippen LogP contribution >= 0.6 is 11.3 Å². The summed E-state index contributed by atoms with van der Waals surface area (Å²) < 4.78 is 5.92. The van der Waals surface area contributed by atoms with Crippen molar-refractivity contribution in [3.63, 3.8) is 0 Å². The van der Waals surface area contributed by atoms with E-state index in [4.69, 9.17) is 9.72 Å². The first-order valence-corrected chi connectivity index (χ1v) is 12.9. The van der Waals surface area contributed by atoms with Crippen LogP contribution in [0.2, 0.25) is 0 Å². The first kappa shape index (κ1) is 22.6. The number of fused-ring (bicyclic) bond motifs is 1. The van der Waals surface area contributed by atoms with Gasteiger partial charge in [0.15, 0.2) is 5.82 Å². The summed E-state index contributed by atoms with van der Waals surface area (Å²) in [4.78, 5) is 17.1. The van der Waals surface area contributed by atoms with Crippen molar-refractivity contribution in [1.82, 2.24) is 15.0 Å².